The van der Waals surface area contributed by atoms with Crippen molar-refractivity contribution < 1.29 is 4.74 Å². The summed E-state index contributed by atoms with van der Waals surface area (Å²) in [5.74, 6) is 0.855. The van der Waals surface area contributed by atoms with Crippen LogP contribution in [0, 0.1) is 0 Å². The van der Waals surface area contributed by atoms with E-state index in [0.717, 1.165) is 33.3 Å². The van der Waals surface area contributed by atoms with Crippen LogP contribution in [0.5, 0.6) is 5.75 Å². The van der Waals surface area contributed by atoms with Crippen molar-refractivity contribution in [3.63, 3.8) is 0 Å². The van der Waals surface area contributed by atoms with Crippen LogP contribution < -0.4 is 10.1 Å². The zero-order valence-corrected chi connectivity index (χ0v) is 15.4. The molecule has 0 aliphatic rings. The summed E-state index contributed by atoms with van der Waals surface area (Å²) < 4.78 is 7.54. The summed E-state index contributed by atoms with van der Waals surface area (Å²) in [5.41, 5.74) is 3.68. The lowest BCUT2D eigenvalue weighted by molar-refractivity contribution is 0.336. The van der Waals surface area contributed by atoms with Gasteiger partial charge in [0.25, 0.3) is 0 Å². The minimum Gasteiger partial charge on any atom is -0.492 e. The molecule has 2 aromatic rings. The number of rotatable bonds is 6. The van der Waals surface area contributed by atoms with E-state index in [1.807, 2.05) is 6.92 Å². The molecule has 1 N–H and O–H groups in total. The van der Waals surface area contributed by atoms with Gasteiger partial charge in [0.1, 0.15) is 5.75 Å². The van der Waals surface area contributed by atoms with E-state index >= 15 is 0 Å². The zero-order chi connectivity index (χ0) is 15.2. The molecule has 0 amide bonds. The molecule has 0 aliphatic carbocycles. The molecule has 21 heavy (non-hydrogen) atoms. The predicted octanol–water partition coefficient (Wildman–Crippen LogP) is 5.78. The van der Waals surface area contributed by atoms with Crippen LogP contribution in [0.15, 0.2) is 45.3 Å². The van der Waals surface area contributed by atoms with Crippen molar-refractivity contribution in [3.05, 3.63) is 56.5 Å². The van der Waals surface area contributed by atoms with Gasteiger partial charge in [-0.3, -0.25) is 0 Å². The first kappa shape index (κ1) is 16.4. The van der Waals surface area contributed by atoms with Gasteiger partial charge in [-0.2, -0.15) is 0 Å². The van der Waals surface area contributed by atoms with Crippen molar-refractivity contribution in [1.82, 2.24) is 0 Å². The van der Waals surface area contributed by atoms with E-state index in [2.05, 4.69) is 80.5 Å². The monoisotopic (exact) mass is 411 g/mol. The van der Waals surface area contributed by atoms with Crippen LogP contribution in [0.1, 0.15) is 25.0 Å². The van der Waals surface area contributed by atoms with E-state index in [9.17, 15) is 0 Å². The molecule has 0 atom stereocenters. The smallest absolute Gasteiger partial charge is 0.147 e. The van der Waals surface area contributed by atoms with E-state index < -0.39 is 0 Å². The fraction of sp³-hybridized carbons (Fsp3) is 0.294. The highest BCUT2D eigenvalue weighted by molar-refractivity contribution is 9.11. The van der Waals surface area contributed by atoms with Gasteiger partial charge in [0.2, 0.25) is 0 Å². The summed E-state index contributed by atoms with van der Waals surface area (Å²) in [5, 5.41) is 3.44. The van der Waals surface area contributed by atoms with Crippen LogP contribution in [0.4, 0.5) is 5.69 Å². The van der Waals surface area contributed by atoms with E-state index in [4.69, 9.17) is 4.74 Å². The van der Waals surface area contributed by atoms with Gasteiger partial charge >= 0.3 is 0 Å². The first-order valence-electron chi connectivity index (χ1n) is 7.07. The molecule has 112 valence electrons. The zero-order valence-electron chi connectivity index (χ0n) is 12.2. The second-order valence-electron chi connectivity index (χ2n) is 4.73. The highest BCUT2D eigenvalue weighted by Gasteiger charge is 2.08. The third-order valence-electron chi connectivity index (χ3n) is 3.21. The van der Waals surface area contributed by atoms with Crippen LogP contribution in [0.3, 0.4) is 0 Å². The summed E-state index contributed by atoms with van der Waals surface area (Å²) in [6, 6.07) is 12.7. The molecular formula is C17H19Br2NO. The van der Waals surface area contributed by atoms with E-state index in [-0.39, 0.29) is 0 Å². The summed E-state index contributed by atoms with van der Waals surface area (Å²) in [7, 11) is 0. The van der Waals surface area contributed by atoms with E-state index in [0.29, 0.717) is 6.61 Å². The van der Waals surface area contributed by atoms with Crippen molar-refractivity contribution in [2.24, 2.45) is 0 Å². The van der Waals surface area contributed by atoms with Crippen LogP contribution in [0.25, 0.3) is 0 Å². The van der Waals surface area contributed by atoms with Crippen LogP contribution in [0.2, 0.25) is 0 Å². The normalized spacial score (nSPS) is 10.5. The third-order valence-corrected chi connectivity index (χ3v) is 4.38. The lowest BCUT2D eigenvalue weighted by atomic mass is 10.1. The lowest BCUT2D eigenvalue weighted by Crippen LogP contribution is -2.01. The van der Waals surface area contributed by atoms with Gasteiger partial charge in [-0.1, -0.05) is 19.1 Å². The maximum Gasteiger partial charge on any atom is 0.147 e. The van der Waals surface area contributed by atoms with Crippen molar-refractivity contribution in [2.75, 3.05) is 11.9 Å². The number of aryl methyl sites for hydroxylation is 1. The highest BCUT2D eigenvalue weighted by Crippen LogP contribution is 2.35. The number of hydrogen-bond donors (Lipinski definition) is 1. The molecule has 0 bridgehead atoms. The molecule has 2 aromatic carbocycles. The fourth-order valence-corrected chi connectivity index (χ4v) is 3.57. The second-order valence-corrected chi connectivity index (χ2v) is 6.43. The molecule has 0 fully saturated rings. The van der Waals surface area contributed by atoms with Crippen molar-refractivity contribution in [2.45, 2.75) is 26.8 Å². The maximum atomic E-state index is 5.60. The molecule has 0 spiro atoms. The average molecular weight is 413 g/mol. The number of nitrogens with one attached hydrogen (secondary N) is 1. The van der Waals surface area contributed by atoms with Gasteiger partial charge in [0, 0.05) is 12.2 Å². The van der Waals surface area contributed by atoms with Gasteiger partial charge in [0.15, 0.2) is 0 Å². The van der Waals surface area contributed by atoms with Crippen LogP contribution in [-0.2, 0) is 13.0 Å². The summed E-state index contributed by atoms with van der Waals surface area (Å²) >= 11 is 7.12. The van der Waals surface area contributed by atoms with Gasteiger partial charge in [0.05, 0.1) is 15.6 Å². The number of halogens is 2. The van der Waals surface area contributed by atoms with Gasteiger partial charge < -0.3 is 10.1 Å². The Morgan fingerprint density at radius 2 is 1.57 bits per heavy atom. The number of ether oxygens (including phenoxy) is 1. The quantitative estimate of drug-likeness (QED) is 0.648. The molecular weight excluding hydrogens is 394 g/mol. The third kappa shape index (κ3) is 4.48. The Labute approximate surface area is 143 Å². The molecule has 2 rings (SSSR count). The molecule has 2 nitrogen and oxygen atoms in total. The van der Waals surface area contributed by atoms with Gasteiger partial charge in [-0.25, -0.2) is 0 Å². The Morgan fingerprint density at radius 1 is 0.952 bits per heavy atom. The van der Waals surface area contributed by atoms with Crippen LogP contribution in [-0.4, -0.2) is 6.61 Å². The molecule has 0 aliphatic heterocycles. The first-order chi connectivity index (χ1) is 10.1. The first-order valence-corrected chi connectivity index (χ1v) is 8.66. The molecule has 0 saturated carbocycles. The Balaban J connectivity index is 2.05. The number of hydrogen-bond acceptors (Lipinski definition) is 2. The van der Waals surface area contributed by atoms with Crippen molar-refractivity contribution in [3.8, 4) is 5.75 Å². The average Bonchev–Trinajstić information content (AvgIpc) is 2.49. The van der Waals surface area contributed by atoms with Gasteiger partial charge in [-0.15, -0.1) is 0 Å². The molecule has 0 aromatic heterocycles. The molecule has 0 heterocycles. The van der Waals surface area contributed by atoms with Crippen LogP contribution >= 0.6 is 31.9 Å². The number of anilines is 1. The molecule has 4 heteroatoms. The summed E-state index contributed by atoms with van der Waals surface area (Å²) in [6.45, 7) is 5.57. The van der Waals surface area contributed by atoms with Crippen molar-refractivity contribution >= 4 is 37.5 Å². The Morgan fingerprint density at radius 3 is 2.10 bits per heavy atom. The standard InChI is InChI=1S/C17H19Br2NO/c1-3-12-5-7-14(8-6-12)20-11-13-9-15(18)17(21-4-2)16(19)10-13/h5-10,20H,3-4,11H2,1-2H3. The fourth-order valence-electron chi connectivity index (χ4n) is 2.06. The summed E-state index contributed by atoms with van der Waals surface area (Å²) in [6.07, 6.45) is 1.07. The topological polar surface area (TPSA) is 21.3 Å². The summed E-state index contributed by atoms with van der Waals surface area (Å²) in [4.78, 5) is 0. The Hall–Kier alpha value is -1.00. The molecule has 0 saturated heterocycles. The van der Waals surface area contributed by atoms with Gasteiger partial charge in [-0.05, 0) is 80.6 Å². The largest absolute Gasteiger partial charge is 0.492 e. The lowest BCUT2D eigenvalue weighted by Gasteiger charge is -2.12. The minimum atomic E-state index is 0.651. The van der Waals surface area contributed by atoms with E-state index in [1.165, 1.54) is 11.1 Å². The SMILES string of the molecule is CCOc1c(Br)cc(CNc2ccc(CC)cc2)cc1Br. The Kier molecular flexibility index (Phi) is 6.12. The second kappa shape index (κ2) is 7.85. The number of benzene rings is 2. The minimum absolute atomic E-state index is 0.651. The maximum absolute atomic E-state index is 5.60. The Bertz CT molecular complexity index is 573. The predicted molar refractivity (Wildman–Crippen MR) is 96.2 cm³/mol. The van der Waals surface area contributed by atoms with E-state index in [1.54, 1.807) is 0 Å². The molecule has 0 radical (unpaired) electrons. The highest BCUT2D eigenvalue weighted by atomic mass is 79.9. The molecule has 0 unspecified atom stereocenters. The van der Waals surface area contributed by atoms with Crippen molar-refractivity contribution in [1.29, 1.82) is 0 Å².